The van der Waals surface area contributed by atoms with E-state index in [9.17, 15) is 9.59 Å². The Balaban J connectivity index is 0.00000370. The standard InChI is InChI=1S/C33H45N3O3.ClH/c1-39-29-14-12-27(13-15-29)25-36-23-19-33(32(36)38)17-21-35(22-18-33)20-16-30(28-10-6-3-7-11-28)34-31(37)24-26-8-4-2-5-9-26;/h3,6-7,10-15,26,30H,2,4-5,8-9,16-25H2,1H3,(H,34,37);1H. The first-order chi connectivity index (χ1) is 19.0. The number of nitrogens with zero attached hydrogens (tertiary/aromatic N) is 2. The fourth-order valence-electron chi connectivity index (χ4n) is 6.89. The molecule has 7 heteroatoms. The summed E-state index contributed by atoms with van der Waals surface area (Å²) in [4.78, 5) is 31.0. The maximum Gasteiger partial charge on any atom is 0.229 e. The Hall–Kier alpha value is -2.57. The number of carbonyl (C=O) groups excluding carboxylic acids is 2. The number of carbonyl (C=O) groups is 2. The molecule has 40 heavy (non-hydrogen) atoms. The van der Waals surface area contributed by atoms with Crippen molar-refractivity contribution in [1.29, 1.82) is 0 Å². The average molecular weight is 568 g/mol. The third kappa shape index (κ3) is 7.58. The highest BCUT2D eigenvalue weighted by molar-refractivity contribution is 5.85. The number of nitrogens with one attached hydrogen (secondary N) is 1. The molecule has 1 N–H and O–H groups in total. The van der Waals surface area contributed by atoms with Crippen LogP contribution in [0.4, 0.5) is 0 Å². The van der Waals surface area contributed by atoms with Crippen molar-refractivity contribution in [3.05, 3.63) is 65.7 Å². The summed E-state index contributed by atoms with van der Waals surface area (Å²) in [5.74, 6) is 1.91. The first-order valence-electron chi connectivity index (χ1n) is 15.0. The molecule has 0 bridgehead atoms. The SMILES string of the molecule is COc1ccc(CN2CCC3(CCN(CCC(NC(=O)CC4CCCCC4)c4ccccc4)CC3)C2=O)cc1.Cl. The molecule has 2 amide bonds. The van der Waals surface area contributed by atoms with Crippen LogP contribution in [0.3, 0.4) is 0 Å². The smallest absolute Gasteiger partial charge is 0.229 e. The molecule has 2 saturated heterocycles. The molecule has 1 spiro atoms. The molecule has 5 rings (SSSR count). The maximum atomic E-state index is 13.5. The minimum absolute atomic E-state index is 0. The number of likely N-dealkylation sites (tertiary alicyclic amines) is 2. The van der Waals surface area contributed by atoms with E-state index in [1.807, 2.05) is 23.1 Å². The van der Waals surface area contributed by atoms with Gasteiger partial charge in [0.25, 0.3) is 0 Å². The maximum absolute atomic E-state index is 13.5. The highest BCUT2D eigenvalue weighted by Crippen LogP contribution is 2.42. The molecular formula is C33H46ClN3O3. The van der Waals surface area contributed by atoms with Crippen LogP contribution in [0.5, 0.6) is 5.75 Å². The van der Waals surface area contributed by atoms with E-state index in [0.29, 0.717) is 24.8 Å². The molecule has 2 aromatic carbocycles. The highest BCUT2D eigenvalue weighted by atomic mass is 35.5. The fourth-order valence-corrected chi connectivity index (χ4v) is 6.89. The van der Waals surface area contributed by atoms with Crippen LogP contribution in [0.15, 0.2) is 54.6 Å². The van der Waals surface area contributed by atoms with Gasteiger partial charge in [-0.3, -0.25) is 9.59 Å². The fraction of sp³-hybridized carbons (Fsp3) is 0.576. The number of amides is 2. The van der Waals surface area contributed by atoms with Gasteiger partial charge in [0.2, 0.25) is 11.8 Å². The Morgan fingerprint density at radius 2 is 1.65 bits per heavy atom. The predicted octanol–water partition coefficient (Wildman–Crippen LogP) is 6.15. The summed E-state index contributed by atoms with van der Waals surface area (Å²) in [5.41, 5.74) is 2.13. The zero-order valence-electron chi connectivity index (χ0n) is 24.0. The van der Waals surface area contributed by atoms with Gasteiger partial charge in [0, 0.05) is 26.1 Å². The molecule has 2 heterocycles. The largest absolute Gasteiger partial charge is 0.497 e. The van der Waals surface area contributed by atoms with Gasteiger partial charge in [0.1, 0.15) is 5.75 Å². The van der Waals surface area contributed by atoms with E-state index in [-0.39, 0.29) is 29.8 Å². The normalized spacial score (nSPS) is 20.2. The molecule has 0 radical (unpaired) electrons. The number of benzene rings is 2. The zero-order valence-corrected chi connectivity index (χ0v) is 24.8. The second-order valence-electron chi connectivity index (χ2n) is 12.0. The lowest BCUT2D eigenvalue weighted by molar-refractivity contribution is -0.139. The van der Waals surface area contributed by atoms with Crippen molar-refractivity contribution in [2.45, 2.75) is 76.8 Å². The van der Waals surface area contributed by atoms with Crippen LogP contribution in [0.1, 0.15) is 81.4 Å². The monoisotopic (exact) mass is 567 g/mol. The van der Waals surface area contributed by atoms with Gasteiger partial charge in [-0.2, -0.15) is 0 Å². The topological polar surface area (TPSA) is 61.9 Å². The lowest BCUT2D eigenvalue weighted by Crippen LogP contribution is -2.45. The van der Waals surface area contributed by atoms with Gasteiger partial charge in [-0.1, -0.05) is 61.7 Å². The van der Waals surface area contributed by atoms with Gasteiger partial charge < -0.3 is 19.9 Å². The number of rotatable bonds is 10. The van der Waals surface area contributed by atoms with Crippen molar-refractivity contribution in [2.24, 2.45) is 11.3 Å². The minimum Gasteiger partial charge on any atom is -0.497 e. The summed E-state index contributed by atoms with van der Waals surface area (Å²) >= 11 is 0. The van der Waals surface area contributed by atoms with E-state index < -0.39 is 0 Å². The summed E-state index contributed by atoms with van der Waals surface area (Å²) in [6.07, 6.45) is 10.6. The van der Waals surface area contributed by atoms with Gasteiger partial charge >= 0.3 is 0 Å². The number of piperidine rings is 1. The van der Waals surface area contributed by atoms with Crippen LogP contribution < -0.4 is 10.1 Å². The molecule has 2 aromatic rings. The van der Waals surface area contributed by atoms with Crippen LogP contribution in [0.25, 0.3) is 0 Å². The number of halogens is 1. The second kappa shape index (κ2) is 14.4. The van der Waals surface area contributed by atoms with E-state index in [0.717, 1.165) is 63.2 Å². The highest BCUT2D eigenvalue weighted by Gasteiger charge is 2.47. The Labute approximate surface area is 246 Å². The number of hydrogen-bond donors (Lipinski definition) is 1. The number of hydrogen-bond acceptors (Lipinski definition) is 4. The van der Waals surface area contributed by atoms with Crippen LogP contribution in [0, 0.1) is 11.3 Å². The molecule has 1 aliphatic carbocycles. The van der Waals surface area contributed by atoms with E-state index in [4.69, 9.17) is 4.74 Å². The van der Waals surface area contributed by atoms with E-state index in [1.165, 1.54) is 37.7 Å². The van der Waals surface area contributed by atoms with Crippen LogP contribution in [0.2, 0.25) is 0 Å². The number of ether oxygens (including phenoxy) is 1. The average Bonchev–Trinajstić information content (AvgIpc) is 3.27. The second-order valence-corrected chi connectivity index (χ2v) is 12.0. The van der Waals surface area contributed by atoms with Crippen LogP contribution in [-0.4, -0.2) is 54.9 Å². The van der Waals surface area contributed by atoms with Crippen molar-refractivity contribution < 1.29 is 14.3 Å². The minimum atomic E-state index is -0.198. The van der Waals surface area contributed by atoms with E-state index in [1.54, 1.807) is 7.11 Å². The molecule has 1 saturated carbocycles. The van der Waals surface area contributed by atoms with Gasteiger partial charge in [-0.25, -0.2) is 0 Å². The first kappa shape index (κ1) is 30.4. The van der Waals surface area contributed by atoms with Gasteiger partial charge in [0.15, 0.2) is 0 Å². The first-order valence-corrected chi connectivity index (χ1v) is 15.0. The van der Waals surface area contributed by atoms with E-state index in [2.05, 4.69) is 46.6 Å². The van der Waals surface area contributed by atoms with Gasteiger partial charge in [-0.05, 0) is 80.8 Å². The molecule has 3 fully saturated rings. The molecule has 3 aliphatic rings. The summed E-state index contributed by atoms with van der Waals surface area (Å²) in [6, 6.07) is 18.5. The van der Waals surface area contributed by atoms with Crippen molar-refractivity contribution in [2.75, 3.05) is 33.3 Å². The predicted molar refractivity (Wildman–Crippen MR) is 162 cm³/mol. The third-order valence-electron chi connectivity index (χ3n) is 9.42. The molecule has 1 unspecified atom stereocenters. The Bertz CT molecular complexity index is 1080. The molecule has 218 valence electrons. The van der Waals surface area contributed by atoms with Crippen LogP contribution in [-0.2, 0) is 16.1 Å². The van der Waals surface area contributed by atoms with Crippen LogP contribution >= 0.6 is 12.4 Å². The van der Waals surface area contributed by atoms with Crippen molar-refractivity contribution >= 4 is 24.2 Å². The Kier molecular flexibility index (Phi) is 10.9. The summed E-state index contributed by atoms with van der Waals surface area (Å²) in [6.45, 7) is 4.34. The third-order valence-corrected chi connectivity index (χ3v) is 9.42. The molecule has 6 nitrogen and oxygen atoms in total. The lowest BCUT2D eigenvalue weighted by Gasteiger charge is -2.38. The Morgan fingerprint density at radius 3 is 2.33 bits per heavy atom. The summed E-state index contributed by atoms with van der Waals surface area (Å²) in [7, 11) is 1.67. The zero-order chi connectivity index (χ0) is 27.1. The Morgan fingerprint density at radius 1 is 0.975 bits per heavy atom. The molecule has 0 aromatic heterocycles. The van der Waals surface area contributed by atoms with Crippen molar-refractivity contribution in [3.63, 3.8) is 0 Å². The molecule has 1 atom stereocenters. The summed E-state index contributed by atoms with van der Waals surface area (Å²) < 4.78 is 5.26. The van der Waals surface area contributed by atoms with Gasteiger partial charge in [-0.15, -0.1) is 12.4 Å². The van der Waals surface area contributed by atoms with Crippen molar-refractivity contribution in [1.82, 2.24) is 15.1 Å². The van der Waals surface area contributed by atoms with Crippen molar-refractivity contribution in [3.8, 4) is 5.75 Å². The van der Waals surface area contributed by atoms with Gasteiger partial charge in [0.05, 0.1) is 18.6 Å². The molecule has 2 aliphatic heterocycles. The quantitative estimate of drug-likeness (QED) is 0.374. The van der Waals surface area contributed by atoms with E-state index >= 15 is 0 Å². The molecular weight excluding hydrogens is 522 g/mol. The summed E-state index contributed by atoms with van der Waals surface area (Å²) in [5, 5.41) is 3.38. The number of methoxy groups -OCH3 is 1. The lowest BCUT2D eigenvalue weighted by atomic mass is 9.77.